The molecule has 2 N–H and O–H groups in total. The number of carboxylic acid groups (broad SMARTS) is 1. The zero-order chi connectivity index (χ0) is 11.7. The van der Waals surface area contributed by atoms with Crippen molar-refractivity contribution in [2.24, 2.45) is 0 Å². The van der Waals surface area contributed by atoms with Crippen molar-refractivity contribution >= 4 is 17.6 Å². The molecule has 0 spiro atoms. The molecule has 2 aromatic rings. The second kappa shape index (κ2) is 3.98. The van der Waals surface area contributed by atoms with Crippen LogP contribution in [0.15, 0.2) is 30.5 Å². The van der Waals surface area contributed by atoms with Crippen LogP contribution in [0.3, 0.4) is 0 Å². The summed E-state index contributed by atoms with van der Waals surface area (Å²) in [5.74, 6) is -1.60. The van der Waals surface area contributed by atoms with Crippen molar-refractivity contribution in [1.82, 2.24) is 4.98 Å². The summed E-state index contributed by atoms with van der Waals surface area (Å²) in [5.41, 5.74) is 0.860. The van der Waals surface area contributed by atoms with Crippen LogP contribution in [0.1, 0.15) is 10.5 Å². The molecule has 1 aromatic heterocycles. The summed E-state index contributed by atoms with van der Waals surface area (Å²) in [6.07, 6.45) is 1.48. The van der Waals surface area contributed by atoms with E-state index in [2.05, 4.69) is 4.98 Å². The van der Waals surface area contributed by atoms with E-state index in [1.165, 1.54) is 18.3 Å². The number of benzene rings is 1. The van der Waals surface area contributed by atoms with Gasteiger partial charge in [-0.05, 0) is 29.8 Å². The predicted octanol–water partition coefficient (Wildman–Crippen LogP) is 3.17. The van der Waals surface area contributed by atoms with Crippen LogP contribution in [0.4, 0.5) is 4.39 Å². The summed E-state index contributed by atoms with van der Waals surface area (Å²) in [6.45, 7) is 0. The number of carbonyl (C=O) groups is 1. The minimum atomic E-state index is -1.10. The number of H-pyrrole nitrogens is 1. The molecule has 3 nitrogen and oxygen atoms in total. The number of halogens is 2. The zero-order valence-corrected chi connectivity index (χ0v) is 8.75. The van der Waals surface area contributed by atoms with Crippen molar-refractivity contribution in [2.45, 2.75) is 0 Å². The Kier molecular flexibility index (Phi) is 2.66. The van der Waals surface area contributed by atoms with Gasteiger partial charge in [-0.1, -0.05) is 11.6 Å². The van der Waals surface area contributed by atoms with E-state index >= 15 is 0 Å². The van der Waals surface area contributed by atoms with Gasteiger partial charge < -0.3 is 10.1 Å². The van der Waals surface area contributed by atoms with Crippen molar-refractivity contribution in [3.8, 4) is 11.1 Å². The summed E-state index contributed by atoms with van der Waals surface area (Å²) >= 11 is 5.70. The third-order valence-corrected chi connectivity index (χ3v) is 2.35. The molecule has 1 aromatic carbocycles. The van der Waals surface area contributed by atoms with Crippen molar-refractivity contribution in [2.75, 3.05) is 0 Å². The first-order valence-electron chi connectivity index (χ1n) is 4.45. The number of aromatic nitrogens is 1. The summed E-state index contributed by atoms with van der Waals surface area (Å²) in [6, 6.07) is 5.48. The molecule has 0 unspecified atom stereocenters. The van der Waals surface area contributed by atoms with Crippen LogP contribution >= 0.6 is 11.6 Å². The van der Waals surface area contributed by atoms with Crippen LogP contribution in [0.5, 0.6) is 0 Å². The Morgan fingerprint density at radius 3 is 2.75 bits per heavy atom. The molecule has 0 aliphatic rings. The average Bonchev–Trinajstić information content (AvgIpc) is 2.63. The zero-order valence-electron chi connectivity index (χ0n) is 8.00. The summed E-state index contributed by atoms with van der Waals surface area (Å²) in [7, 11) is 0. The van der Waals surface area contributed by atoms with Gasteiger partial charge in [0.05, 0.1) is 0 Å². The molecule has 5 heteroatoms. The standard InChI is InChI=1S/C11H7ClFNO2/c12-7-3-6(4-8(13)5-7)9-1-2-14-10(9)11(15)16/h1-5,14H,(H,15,16). The first-order valence-corrected chi connectivity index (χ1v) is 4.83. The monoisotopic (exact) mass is 239 g/mol. The van der Waals surface area contributed by atoms with E-state index in [0.717, 1.165) is 6.07 Å². The van der Waals surface area contributed by atoms with Crippen molar-refractivity contribution in [3.63, 3.8) is 0 Å². The van der Waals surface area contributed by atoms with Crippen LogP contribution in [0.25, 0.3) is 11.1 Å². The van der Waals surface area contributed by atoms with Gasteiger partial charge >= 0.3 is 5.97 Å². The second-order valence-corrected chi connectivity index (χ2v) is 3.67. The molecule has 0 amide bonds. The Labute approximate surface area is 95.5 Å². The molecule has 0 bridgehead atoms. The largest absolute Gasteiger partial charge is 0.477 e. The summed E-state index contributed by atoms with van der Waals surface area (Å²) in [4.78, 5) is 13.4. The van der Waals surface area contributed by atoms with E-state index in [-0.39, 0.29) is 10.7 Å². The Morgan fingerprint density at radius 2 is 2.12 bits per heavy atom. The third-order valence-electron chi connectivity index (χ3n) is 2.13. The number of carboxylic acids is 1. The van der Waals surface area contributed by atoms with Crippen LogP contribution < -0.4 is 0 Å². The molecule has 0 saturated heterocycles. The van der Waals surface area contributed by atoms with Crippen LogP contribution in [0.2, 0.25) is 5.02 Å². The fourth-order valence-corrected chi connectivity index (χ4v) is 1.72. The molecule has 2 rings (SSSR count). The van der Waals surface area contributed by atoms with Gasteiger partial charge in [0.2, 0.25) is 0 Å². The van der Waals surface area contributed by atoms with E-state index in [1.807, 2.05) is 0 Å². The lowest BCUT2D eigenvalue weighted by Crippen LogP contribution is -1.98. The molecule has 0 fully saturated rings. The summed E-state index contributed by atoms with van der Waals surface area (Å²) in [5, 5.41) is 9.13. The number of hydrogen-bond acceptors (Lipinski definition) is 1. The predicted molar refractivity (Wildman–Crippen MR) is 58.2 cm³/mol. The van der Waals surface area contributed by atoms with Gasteiger partial charge in [-0.2, -0.15) is 0 Å². The highest BCUT2D eigenvalue weighted by Gasteiger charge is 2.13. The van der Waals surface area contributed by atoms with E-state index in [9.17, 15) is 9.18 Å². The molecule has 82 valence electrons. The van der Waals surface area contributed by atoms with Crippen LogP contribution in [-0.2, 0) is 0 Å². The highest BCUT2D eigenvalue weighted by molar-refractivity contribution is 6.30. The Bertz CT molecular complexity index is 530. The number of nitrogens with one attached hydrogen (secondary N) is 1. The molecule has 0 saturated carbocycles. The first-order chi connectivity index (χ1) is 7.58. The highest BCUT2D eigenvalue weighted by Crippen LogP contribution is 2.26. The maximum absolute atomic E-state index is 13.1. The number of rotatable bonds is 2. The Morgan fingerprint density at radius 1 is 1.38 bits per heavy atom. The van der Waals surface area contributed by atoms with E-state index in [1.54, 1.807) is 6.07 Å². The lowest BCUT2D eigenvalue weighted by molar-refractivity contribution is 0.0692. The molecule has 0 aliphatic carbocycles. The molecular formula is C11H7ClFNO2. The summed E-state index contributed by atoms with van der Waals surface area (Å²) < 4.78 is 13.1. The minimum absolute atomic E-state index is 0.0154. The fourth-order valence-electron chi connectivity index (χ4n) is 1.50. The number of hydrogen-bond donors (Lipinski definition) is 2. The SMILES string of the molecule is O=C(O)c1[nH]ccc1-c1cc(F)cc(Cl)c1. The maximum atomic E-state index is 13.1. The lowest BCUT2D eigenvalue weighted by atomic mass is 10.1. The average molecular weight is 240 g/mol. The maximum Gasteiger partial charge on any atom is 0.352 e. The van der Waals surface area contributed by atoms with Crippen molar-refractivity contribution in [3.05, 3.63) is 47.0 Å². The normalized spacial score (nSPS) is 10.4. The molecule has 0 aliphatic heterocycles. The second-order valence-electron chi connectivity index (χ2n) is 3.23. The quantitative estimate of drug-likeness (QED) is 0.846. The van der Waals surface area contributed by atoms with Gasteiger partial charge in [-0.15, -0.1) is 0 Å². The van der Waals surface area contributed by atoms with Gasteiger partial charge in [-0.3, -0.25) is 0 Å². The van der Waals surface area contributed by atoms with Gasteiger partial charge in [-0.25, -0.2) is 9.18 Å². The fraction of sp³-hybridized carbons (Fsp3) is 0. The minimum Gasteiger partial charge on any atom is -0.477 e. The number of aromatic carboxylic acids is 1. The van der Waals surface area contributed by atoms with Crippen molar-refractivity contribution < 1.29 is 14.3 Å². The van der Waals surface area contributed by atoms with E-state index < -0.39 is 11.8 Å². The van der Waals surface area contributed by atoms with Gasteiger partial charge in [0.25, 0.3) is 0 Å². The molecule has 0 radical (unpaired) electrons. The topological polar surface area (TPSA) is 53.1 Å². The molecular weight excluding hydrogens is 233 g/mol. The van der Waals surface area contributed by atoms with Crippen molar-refractivity contribution in [1.29, 1.82) is 0 Å². The molecule has 0 atom stereocenters. The molecule has 16 heavy (non-hydrogen) atoms. The highest BCUT2D eigenvalue weighted by atomic mass is 35.5. The van der Waals surface area contributed by atoms with Gasteiger partial charge in [0.1, 0.15) is 11.5 Å². The first kappa shape index (κ1) is 10.7. The van der Waals surface area contributed by atoms with Gasteiger partial charge in [0, 0.05) is 16.8 Å². The van der Waals surface area contributed by atoms with E-state index in [0.29, 0.717) is 11.1 Å². The van der Waals surface area contributed by atoms with E-state index in [4.69, 9.17) is 16.7 Å². The Hall–Kier alpha value is -1.81. The van der Waals surface area contributed by atoms with Crippen LogP contribution in [-0.4, -0.2) is 16.1 Å². The number of aromatic amines is 1. The Balaban J connectivity index is 2.58. The molecule has 1 heterocycles. The third kappa shape index (κ3) is 1.92. The lowest BCUT2D eigenvalue weighted by Gasteiger charge is -2.02. The smallest absolute Gasteiger partial charge is 0.352 e. The van der Waals surface area contributed by atoms with Gasteiger partial charge in [0.15, 0.2) is 0 Å². The van der Waals surface area contributed by atoms with Crippen LogP contribution in [0, 0.1) is 5.82 Å².